The summed E-state index contributed by atoms with van der Waals surface area (Å²) in [6, 6.07) is 12.1. The molecular formula is C18H20N2O2S. The molecule has 0 radical (unpaired) electrons. The van der Waals surface area contributed by atoms with Crippen LogP contribution in [0, 0.1) is 5.92 Å². The van der Waals surface area contributed by atoms with Crippen LogP contribution < -0.4 is 5.73 Å². The van der Waals surface area contributed by atoms with Crippen LogP contribution in [0.4, 0.5) is 0 Å². The summed E-state index contributed by atoms with van der Waals surface area (Å²) < 4.78 is 0. The number of nitrogens with zero attached hydrogens (tertiary/aromatic N) is 1. The van der Waals surface area contributed by atoms with E-state index in [4.69, 9.17) is 5.73 Å². The molecule has 0 bridgehead atoms. The number of thiophene rings is 1. The molecule has 2 heterocycles. The maximum Gasteiger partial charge on any atom is 0.224 e. The maximum absolute atomic E-state index is 12.7. The summed E-state index contributed by atoms with van der Waals surface area (Å²) in [7, 11) is 0. The summed E-state index contributed by atoms with van der Waals surface area (Å²) in [5.41, 5.74) is 7.62. The average molecular weight is 328 g/mol. The van der Waals surface area contributed by atoms with E-state index in [1.807, 2.05) is 23.1 Å². The van der Waals surface area contributed by atoms with Gasteiger partial charge in [-0.25, -0.2) is 0 Å². The summed E-state index contributed by atoms with van der Waals surface area (Å²) in [6.07, 6.45) is 1.03. The smallest absolute Gasteiger partial charge is 0.224 e. The summed E-state index contributed by atoms with van der Waals surface area (Å²) >= 11 is 1.74. The van der Waals surface area contributed by atoms with Crippen LogP contribution in [0.15, 0.2) is 41.8 Å². The minimum absolute atomic E-state index is 0.0120. The molecule has 23 heavy (non-hydrogen) atoms. The molecule has 0 fully saturated rings. The van der Waals surface area contributed by atoms with Crippen molar-refractivity contribution in [1.29, 1.82) is 0 Å². The molecular weight excluding hydrogens is 308 g/mol. The lowest BCUT2D eigenvalue weighted by atomic mass is 9.92. The molecule has 5 heteroatoms. The zero-order valence-corrected chi connectivity index (χ0v) is 13.9. The number of rotatable bonds is 4. The third-order valence-corrected chi connectivity index (χ3v) is 5.36. The van der Waals surface area contributed by atoms with Gasteiger partial charge in [-0.2, -0.15) is 0 Å². The summed E-state index contributed by atoms with van der Waals surface area (Å²) in [4.78, 5) is 27.3. The minimum atomic E-state index is -0.442. The molecule has 2 N–H and O–H groups in total. The lowest BCUT2D eigenvalue weighted by Gasteiger charge is -2.36. The van der Waals surface area contributed by atoms with Gasteiger partial charge < -0.3 is 10.6 Å². The summed E-state index contributed by atoms with van der Waals surface area (Å²) in [5.74, 6) is -0.882. The average Bonchev–Trinajstić information content (AvgIpc) is 3.03. The Morgan fingerprint density at radius 2 is 2.04 bits per heavy atom. The van der Waals surface area contributed by atoms with Gasteiger partial charge in [0.05, 0.1) is 6.04 Å². The van der Waals surface area contributed by atoms with Gasteiger partial charge in [0.2, 0.25) is 11.8 Å². The molecule has 2 amide bonds. The first-order valence-electron chi connectivity index (χ1n) is 7.78. The van der Waals surface area contributed by atoms with Crippen LogP contribution in [0.1, 0.15) is 35.4 Å². The van der Waals surface area contributed by atoms with Crippen molar-refractivity contribution in [3.05, 3.63) is 57.8 Å². The van der Waals surface area contributed by atoms with E-state index in [0.29, 0.717) is 6.54 Å². The van der Waals surface area contributed by atoms with E-state index in [2.05, 4.69) is 23.6 Å². The predicted molar refractivity (Wildman–Crippen MR) is 91.0 cm³/mol. The first-order chi connectivity index (χ1) is 11.1. The number of carbonyl (C=O) groups is 2. The first kappa shape index (κ1) is 15.7. The molecule has 4 nitrogen and oxygen atoms in total. The number of nitrogens with two attached hydrogens (primary N) is 1. The van der Waals surface area contributed by atoms with E-state index in [1.54, 1.807) is 18.3 Å². The van der Waals surface area contributed by atoms with Crippen LogP contribution in [-0.4, -0.2) is 23.3 Å². The van der Waals surface area contributed by atoms with Crippen LogP contribution in [0.5, 0.6) is 0 Å². The maximum atomic E-state index is 12.7. The third kappa shape index (κ3) is 3.15. The Morgan fingerprint density at radius 1 is 1.30 bits per heavy atom. The van der Waals surface area contributed by atoms with E-state index in [9.17, 15) is 9.59 Å². The van der Waals surface area contributed by atoms with Crippen molar-refractivity contribution < 1.29 is 9.59 Å². The van der Waals surface area contributed by atoms with Gasteiger partial charge in [0.25, 0.3) is 0 Å². The number of carbonyl (C=O) groups excluding carboxylic acids is 2. The molecule has 0 saturated carbocycles. The lowest BCUT2D eigenvalue weighted by Crippen LogP contribution is -2.41. The number of primary amides is 1. The Balaban J connectivity index is 1.93. The Bertz CT molecular complexity index is 711. The molecule has 2 unspecified atom stereocenters. The molecule has 2 atom stereocenters. The number of hydrogen-bond donors (Lipinski definition) is 1. The number of benzene rings is 1. The van der Waals surface area contributed by atoms with E-state index in [0.717, 1.165) is 12.0 Å². The van der Waals surface area contributed by atoms with Gasteiger partial charge in [-0.05, 0) is 29.0 Å². The molecule has 1 aliphatic heterocycles. The molecule has 1 aromatic carbocycles. The number of fused-ring (bicyclic) bond motifs is 1. The van der Waals surface area contributed by atoms with Gasteiger partial charge in [0.1, 0.15) is 0 Å². The summed E-state index contributed by atoms with van der Waals surface area (Å²) in [6.45, 7) is 2.38. The van der Waals surface area contributed by atoms with Crippen LogP contribution in [0.2, 0.25) is 0 Å². The highest BCUT2D eigenvalue weighted by molar-refractivity contribution is 7.10. The Morgan fingerprint density at radius 3 is 2.74 bits per heavy atom. The first-order valence-corrected chi connectivity index (χ1v) is 8.66. The normalized spacial score (nSPS) is 18.3. The van der Waals surface area contributed by atoms with Crippen LogP contribution in [0.25, 0.3) is 0 Å². The Hall–Kier alpha value is -2.14. The minimum Gasteiger partial charge on any atom is -0.369 e. The van der Waals surface area contributed by atoms with Gasteiger partial charge >= 0.3 is 0 Å². The van der Waals surface area contributed by atoms with Crippen molar-refractivity contribution in [3.8, 4) is 0 Å². The number of amides is 2. The fourth-order valence-electron chi connectivity index (χ4n) is 3.06. The highest BCUT2D eigenvalue weighted by Gasteiger charge is 2.33. The monoisotopic (exact) mass is 328 g/mol. The predicted octanol–water partition coefficient (Wildman–Crippen LogP) is 2.73. The number of hydrogen-bond acceptors (Lipinski definition) is 3. The van der Waals surface area contributed by atoms with Crippen LogP contribution >= 0.6 is 11.3 Å². The molecule has 1 aliphatic rings. The molecule has 0 saturated heterocycles. The molecule has 0 aliphatic carbocycles. The topological polar surface area (TPSA) is 63.4 Å². The van der Waals surface area contributed by atoms with Crippen molar-refractivity contribution in [1.82, 2.24) is 4.90 Å². The van der Waals surface area contributed by atoms with Crippen molar-refractivity contribution in [2.45, 2.75) is 25.8 Å². The van der Waals surface area contributed by atoms with E-state index in [-0.39, 0.29) is 18.4 Å². The third-order valence-electron chi connectivity index (χ3n) is 4.37. The van der Waals surface area contributed by atoms with Gasteiger partial charge in [-0.3, -0.25) is 9.59 Å². The fraction of sp³-hybridized carbons (Fsp3) is 0.333. The van der Waals surface area contributed by atoms with Gasteiger partial charge in [0, 0.05) is 23.8 Å². The second-order valence-corrected chi connectivity index (χ2v) is 6.96. The van der Waals surface area contributed by atoms with Crippen molar-refractivity contribution >= 4 is 23.2 Å². The second kappa shape index (κ2) is 6.54. The van der Waals surface area contributed by atoms with E-state index < -0.39 is 11.8 Å². The lowest BCUT2D eigenvalue weighted by molar-refractivity contribution is -0.136. The molecule has 3 rings (SSSR count). The van der Waals surface area contributed by atoms with Gasteiger partial charge in [-0.1, -0.05) is 37.3 Å². The highest BCUT2D eigenvalue weighted by Crippen LogP contribution is 2.38. The SMILES string of the molecule is CC(CC(=O)N1CCc2sccc2C1c1ccccc1)C(N)=O. The standard InChI is InChI=1S/C18H20N2O2S/c1-12(18(19)22)11-16(21)20-9-7-15-14(8-10-23-15)17(20)13-5-3-2-4-6-13/h2-6,8,10,12,17H,7,9,11H2,1H3,(H2,19,22). The van der Waals surface area contributed by atoms with Gasteiger partial charge in [-0.15, -0.1) is 11.3 Å². The molecule has 2 aromatic rings. The van der Waals surface area contributed by atoms with Crippen molar-refractivity contribution in [2.75, 3.05) is 6.54 Å². The zero-order valence-electron chi connectivity index (χ0n) is 13.1. The Kier molecular flexibility index (Phi) is 4.48. The molecule has 1 aromatic heterocycles. The summed E-state index contributed by atoms with van der Waals surface area (Å²) in [5, 5.41) is 2.08. The van der Waals surface area contributed by atoms with Crippen LogP contribution in [-0.2, 0) is 16.0 Å². The highest BCUT2D eigenvalue weighted by atomic mass is 32.1. The quantitative estimate of drug-likeness (QED) is 0.938. The largest absolute Gasteiger partial charge is 0.369 e. The molecule has 0 spiro atoms. The fourth-order valence-corrected chi connectivity index (χ4v) is 3.96. The van der Waals surface area contributed by atoms with Gasteiger partial charge in [0.15, 0.2) is 0 Å². The Labute approximate surface area is 139 Å². The second-order valence-electron chi connectivity index (χ2n) is 5.96. The van der Waals surface area contributed by atoms with Crippen LogP contribution in [0.3, 0.4) is 0 Å². The van der Waals surface area contributed by atoms with Crippen molar-refractivity contribution in [2.24, 2.45) is 11.7 Å². The van der Waals surface area contributed by atoms with Crippen molar-refractivity contribution in [3.63, 3.8) is 0 Å². The van der Waals surface area contributed by atoms with E-state index in [1.165, 1.54) is 10.4 Å². The molecule has 120 valence electrons. The van der Waals surface area contributed by atoms with E-state index >= 15 is 0 Å². The zero-order chi connectivity index (χ0) is 16.4.